The summed E-state index contributed by atoms with van der Waals surface area (Å²) in [7, 11) is -2.04. The molecular formula is C24H26N2O5S. The molecule has 3 aliphatic heterocycles. The lowest BCUT2D eigenvalue weighted by Gasteiger charge is -2.40. The number of sulfonamides is 1. The minimum absolute atomic E-state index is 0.121. The van der Waals surface area contributed by atoms with Crippen LogP contribution in [-0.2, 0) is 19.6 Å². The Morgan fingerprint density at radius 1 is 0.781 bits per heavy atom. The summed E-state index contributed by atoms with van der Waals surface area (Å²) >= 11 is 0. The van der Waals surface area contributed by atoms with E-state index in [-0.39, 0.29) is 47.7 Å². The van der Waals surface area contributed by atoms with E-state index in [1.165, 1.54) is 4.90 Å². The lowest BCUT2D eigenvalue weighted by Crippen LogP contribution is -2.53. The van der Waals surface area contributed by atoms with Crippen LogP contribution in [0.25, 0.3) is 11.1 Å². The van der Waals surface area contributed by atoms with Crippen molar-refractivity contribution in [3.8, 4) is 16.9 Å². The lowest BCUT2D eigenvalue weighted by atomic mass is 9.98. The quantitative estimate of drug-likeness (QED) is 0.648. The Bertz CT molecular complexity index is 1110. The molecule has 8 heteroatoms. The zero-order valence-corrected chi connectivity index (χ0v) is 18.8. The van der Waals surface area contributed by atoms with Crippen LogP contribution in [0.4, 0.5) is 0 Å². The van der Waals surface area contributed by atoms with Gasteiger partial charge in [0.25, 0.3) is 0 Å². The molecule has 3 aliphatic rings. The number of hydrogen-bond donors (Lipinski definition) is 0. The van der Waals surface area contributed by atoms with Gasteiger partial charge in [-0.1, -0.05) is 24.3 Å². The molecule has 32 heavy (non-hydrogen) atoms. The average Bonchev–Trinajstić information content (AvgIpc) is 3.29. The van der Waals surface area contributed by atoms with Gasteiger partial charge in [-0.05, 0) is 61.1 Å². The van der Waals surface area contributed by atoms with Crippen molar-refractivity contribution in [1.29, 1.82) is 0 Å². The van der Waals surface area contributed by atoms with Crippen molar-refractivity contribution in [2.45, 2.75) is 61.5 Å². The maximum atomic E-state index is 13.5. The second-order valence-electron chi connectivity index (χ2n) is 8.76. The third-order valence-corrected chi connectivity index (χ3v) is 8.97. The number of fused-ring (bicyclic) bond motifs is 2. The largest absolute Gasteiger partial charge is 0.497 e. The van der Waals surface area contributed by atoms with Crippen LogP contribution in [0.3, 0.4) is 0 Å². The highest BCUT2D eigenvalue weighted by Gasteiger charge is 2.50. The summed E-state index contributed by atoms with van der Waals surface area (Å²) in [5.74, 6) is 0.527. The highest BCUT2D eigenvalue weighted by atomic mass is 32.2. The van der Waals surface area contributed by atoms with Crippen molar-refractivity contribution in [2.24, 2.45) is 0 Å². The number of likely N-dealkylation sites (tertiary alicyclic amines) is 1. The molecule has 5 rings (SSSR count). The molecule has 0 N–H and O–H groups in total. The van der Waals surface area contributed by atoms with Gasteiger partial charge in [0.1, 0.15) is 5.75 Å². The number of carbonyl (C=O) groups is 2. The second-order valence-corrected chi connectivity index (χ2v) is 10.6. The van der Waals surface area contributed by atoms with Crippen LogP contribution in [0.5, 0.6) is 5.75 Å². The first-order valence-electron chi connectivity index (χ1n) is 11.0. The fraction of sp³-hybridized carbons (Fsp3) is 0.417. The first-order valence-corrected chi connectivity index (χ1v) is 12.5. The van der Waals surface area contributed by atoms with Crippen LogP contribution >= 0.6 is 0 Å². The minimum Gasteiger partial charge on any atom is -0.497 e. The first kappa shape index (κ1) is 21.2. The summed E-state index contributed by atoms with van der Waals surface area (Å²) in [6, 6.07) is 14.1. The predicted molar refractivity (Wildman–Crippen MR) is 118 cm³/mol. The molecule has 2 amide bonds. The van der Waals surface area contributed by atoms with Gasteiger partial charge in [0.2, 0.25) is 21.8 Å². The third-order valence-electron chi connectivity index (χ3n) is 6.95. The molecule has 2 bridgehead atoms. The van der Waals surface area contributed by atoms with Gasteiger partial charge >= 0.3 is 0 Å². The molecule has 0 spiro atoms. The summed E-state index contributed by atoms with van der Waals surface area (Å²) in [4.78, 5) is 26.0. The summed E-state index contributed by atoms with van der Waals surface area (Å²) < 4.78 is 33.8. The number of piperidine rings is 1. The van der Waals surface area contributed by atoms with Crippen LogP contribution < -0.4 is 4.74 Å². The Hall–Kier alpha value is -2.71. The van der Waals surface area contributed by atoms with Gasteiger partial charge in [-0.25, -0.2) is 8.42 Å². The Labute approximate surface area is 188 Å². The normalized spacial score (nSPS) is 26.0. The van der Waals surface area contributed by atoms with E-state index in [0.29, 0.717) is 12.8 Å². The van der Waals surface area contributed by atoms with Crippen molar-refractivity contribution in [1.82, 2.24) is 9.21 Å². The Kier molecular flexibility index (Phi) is 5.29. The van der Waals surface area contributed by atoms with E-state index in [2.05, 4.69) is 0 Å². The number of ether oxygens (including phenoxy) is 1. The van der Waals surface area contributed by atoms with Gasteiger partial charge in [-0.15, -0.1) is 0 Å². The maximum Gasteiger partial charge on any atom is 0.243 e. The average molecular weight is 455 g/mol. The van der Waals surface area contributed by atoms with Gasteiger partial charge in [0, 0.05) is 31.0 Å². The first-order chi connectivity index (χ1) is 15.4. The molecule has 0 aromatic heterocycles. The van der Waals surface area contributed by atoms with Crippen LogP contribution in [0.2, 0.25) is 0 Å². The zero-order valence-electron chi connectivity index (χ0n) is 17.9. The van der Waals surface area contributed by atoms with Crippen molar-refractivity contribution >= 4 is 21.8 Å². The highest BCUT2D eigenvalue weighted by molar-refractivity contribution is 7.89. The number of benzene rings is 2. The molecule has 2 aromatic carbocycles. The number of methoxy groups -OCH3 is 1. The van der Waals surface area contributed by atoms with Gasteiger partial charge in [0.05, 0.1) is 12.0 Å². The number of rotatable bonds is 5. The van der Waals surface area contributed by atoms with E-state index in [1.54, 1.807) is 23.5 Å². The number of nitrogens with zero attached hydrogens (tertiary/aromatic N) is 2. The van der Waals surface area contributed by atoms with Crippen LogP contribution in [0, 0.1) is 0 Å². The SMILES string of the molecule is COc1ccc(-c2ccc(S(=O)(=O)N3C4CCC3CC(N3C(=O)CCC3=O)C4)cc2)cc1. The van der Waals surface area contributed by atoms with E-state index < -0.39 is 10.0 Å². The molecular weight excluding hydrogens is 428 g/mol. The monoisotopic (exact) mass is 454 g/mol. The molecule has 2 unspecified atom stereocenters. The highest BCUT2D eigenvalue weighted by Crippen LogP contribution is 2.42. The van der Waals surface area contributed by atoms with Crippen LogP contribution in [0.15, 0.2) is 53.4 Å². The molecule has 168 valence electrons. The third kappa shape index (κ3) is 3.51. The number of amides is 2. The molecule has 3 heterocycles. The van der Waals surface area contributed by atoms with E-state index in [0.717, 1.165) is 29.7 Å². The lowest BCUT2D eigenvalue weighted by molar-refractivity contribution is -0.142. The van der Waals surface area contributed by atoms with E-state index >= 15 is 0 Å². The molecule has 2 atom stereocenters. The summed E-state index contributed by atoms with van der Waals surface area (Å²) in [5.41, 5.74) is 1.91. The van der Waals surface area contributed by atoms with Gasteiger partial charge in [-0.2, -0.15) is 4.31 Å². The zero-order chi connectivity index (χ0) is 22.5. The smallest absolute Gasteiger partial charge is 0.243 e. The topological polar surface area (TPSA) is 84.0 Å². The van der Waals surface area contributed by atoms with Crippen LogP contribution in [-0.4, -0.2) is 54.7 Å². The van der Waals surface area contributed by atoms with E-state index in [4.69, 9.17) is 4.74 Å². The standard InChI is InChI=1S/C24H26N2O5S/c1-31-21-8-2-16(3-9-21)17-4-10-22(11-5-17)32(29,30)26-18-6-7-19(26)15-20(14-18)25-23(27)12-13-24(25)28/h2-5,8-11,18-20H,6-7,12-15H2,1H3. The van der Waals surface area contributed by atoms with E-state index in [9.17, 15) is 18.0 Å². The molecule has 2 aromatic rings. The fourth-order valence-corrected chi connectivity index (χ4v) is 7.33. The van der Waals surface area contributed by atoms with Crippen molar-refractivity contribution < 1.29 is 22.7 Å². The van der Waals surface area contributed by atoms with Gasteiger partial charge in [0.15, 0.2) is 0 Å². The van der Waals surface area contributed by atoms with Crippen molar-refractivity contribution in [2.75, 3.05) is 7.11 Å². The molecule has 3 saturated heterocycles. The Morgan fingerprint density at radius 3 is 1.78 bits per heavy atom. The van der Waals surface area contributed by atoms with Crippen molar-refractivity contribution in [3.05, 3.63) is 48.5 Å². The second kappa shape index (κ2) is 8.01. The maximum absolute atomic E-state index is 13.5. The number of imide groups is 1. The predicted octanol–water partition coefficient (Wildman–Crippen LogP) is 3.20. The molecule has 7 nitrogen and oxygen atoms in total. The fourth-order valence-electron chi connectivity index (χ4n) is 5.43. The summed E-state index contributed by atoms with van der Waals surface area (Å²) in [6.07, 6.45) is 3.12. The Morgan fingerprint density at radius 2 is 1.28 bits per heavy atom. The molecule has 3 fully saturated rings. The van der Waals surface area contributed by atoms with E-state index in [1.807, 2.05) is 36.4 Å². The van der Waals surface area contributed by atoms with Gasteiger partial charge in [-0.3, -0.25) is 14.5 Å². The summed E-state index contributed by atoms with van der Waals surface area (Å²) in [5, 5.41) is 0. The van der Waals surface area contributed by atoms with Crippen LogP contribution in [0.1, 0.15) is 38.5 Å². The Balaban J connectivity index is 1.36. The van der Waals surface area contributed by atoms with Gasteiger partial charge < -0.3 is 4.74 Å². The van der Waals surface area contributed by atoms with Crippen molar-refractivity contribution in [3.63, 3.8) is 0 Å². The number of hydrogen-bond acceptors (Lipinski definition) is 5. The minimum atomic E-state index is -3.66. The molecule has 0 aliphatic carbocycles. The molecule has 0 saturated carbocycles. The number of carbonyl (C=O) groups excluding carboxylic acids is 2. The summed E-state index contributed by atoms with van der Waals surface area (Å²) in [6.45, 7) is 0. The molecule has 0 radical (unpaired) electrons.